The third kappa shape index (κ3) is 3.21. The first-order valence-electron chi connectivity index (χ1n) is 7.15. The SMILES string of the molecule is CCCNCC1CCN(CC2(C)CCC2)C1. The first-order valence-corrected chi connectivity index (χ1v) is 7.15. The minimum atomic E-state index is 0.672. The van der Waals surface area contributed by atoms with E-state index in [1.54, 1.807) is 0 Å². The van der Waals surface area contributed by atoms with Gasteiger partial charge in [-0.1, -0.05) is 20.3 Å². The van der Waals surface area contributed by atoms with Gasteiger partial charge in [0.25, 0.3) is 0 Å². The predicted molar refractivity (Wildman–Crippen MR) is 69.7 cm³/mol. The van der Waals surface area contributed by atoms with Crippen molar-refractivity contribution in [3.63, 3.8) is 0 Å². The van der Waals surface area contributed by atoms with E-state index in [4.69, 9.17) is 0 Å². The van der Waals surface area contributed by atoms with Gasteiger partial charge in [0.15, 0.2) is 0 Å². The molecule has 1 unspecified atom stereocenters. The predicted octanol–water partition coefficient (Wildman–Crippen LogP) is 2.50. The summed E-state index contributed by atoms with van der Waals surface area (Å²) >= 11 is 0. The molecule has 1 aliphatic carbocycles. The van der Waals surface area contributed by atoms with Gasteiger partial charge in [-0.25, -0.2) is 0 Å². The second-order valence-corrected chi connectivity index (χ2v) is 6.26. The van der Waals surface area contributed by atoms with Crippen molar-refractivity contribution in [1.82, 2.24) is 10.2 Å². The zero-order valence-corrected chi connectivity index (χ0v) is 11.1. The Labute approximate surface area is 101 Å². The molecule has 0 aromatic rings. The maximum Gasteiger partial charge on any atom is 0.00354 e. The zero-order valence-electron chi connectivity index (χ0n) is 11.1. The van der Waals surface area contributed by atoms with E-state index in [2.05, 4.69) is 24.1 Å². The van der Waals surface area contributed by atoms with Crippen LogP contribution in [0.5, 0.6) is 0 Å². The third-order valence-electron chi connectivity index (χ3n) is 4.40. The molecule has 1 N–H and O–H groups in total. The molecule has 1 saturated carbocycles. The van der Waals surface area contributed by atoms with E-state index >= 15 is 0 Å². The van der Waals surface area contributed by atoms with Crippen molar-refractivity contribution in [2.45, 2.75) is 46.0 Å². The average molecular weight is 224 g/mol. The fraction of sp³-hybridized carbons (Fsp3) is 1.00. The second kappa shape index (κ2) is 5.50. The molecule has 2 fully saturated rings. The molecule has 0 aromatic carbocycles. The molecule has 0 radical (unpaired) electrons. The summed E-state index contributed by atoms with van der Waals surface area (Å²) in [6.45, 7) is 11.2. The Morgan fingerprint density at radius 1 is 1.38 bits per heavy atom. The van der Waals surface area contributed by atoms with E-state index in [1.807, 2.05) is 0 Å². The molecule has 2 nitrogen and oxygen atoms in total. The number of nitrogens with one attached hydrogen (secondary N) is 1. The van der Waals surface area contributed by atoms with E-state index in [-0.39, 0.29) is 0 Å². The van der Waals surface area contributed by atoms with Crippen molar-refractivity contribution < 1.29 is 0 Å². The van der Waals surface area contributed by atoms with Gasteiger partial charge in [-0.3, -0.25) is 0 Å². The van der Waals surface area contributed by atoms with Crippen LogP contribution in [-0.2, 0) is 0 Å². The lowest BCUT2D eigenvalue weighted by Gasteiger charge is -2.41. The Hall–Kier alpha value is -0.0800. The van der Waals surface area contributed by atoms with Gasteiger partial charge in [-0.05, 0) is 56.7 Å². The first-order chi connectivity index (χ1) is 7.72. The van der Waals surface area contributed by atoms with Crippen molar-refractivity contribution in [2.75, 3.05) is 32.7 Å². The van der Waals surface area contributed by atoms with Gasteiger partial charge in [-0.2, -0.15) is 0 Å². The molecule has 94 valence electrons. The number of nitrogens with zero attached hydrogens (tertiary/aromatic N) is 1. The molecular formula is C14H28N2. The lowest BCUT2D eigenvalue weighted by Crippen LogP contribution is -2.39. The van der Waals surface area contributed by atoms with Gasteiger partial charge in [0, 0.05) is 13.1 Å². The van der Waals surface area contributed by atoms with Crippen LogP contribution >= 0.6 is 0 Å². The summed E-state index contributed by atoms with van der Waals surface area (Å²) in [6, 6.07) is 0. The van der Waals surface area contributed by atoms with Gasteiger partial charge in [0.1, 0.15) is 0 Å². The van der Waals surface area contributed by atoms with E-state index in [0.717, 1.165) is 5.92 Å². The van der Waals surface area contributed by atoms with E-state index in [0.29, 0.717) is 5.41 Å². The monoisotopic (exact) mass is 224 g/mol. The Morgan fingerprint density at radius 3 is 2.81 bits per heavy atom. The topological polar surface area (TPSA) is 15.3 Å². The summed E-state index contributed by atoms with van der Waals surface area (Å²) in [6.07, 6.45) is 7.05. The number of hydrogen-bond donors (Lipinski definition) is 1. The highest BCUT2D eigenvalue weighted by Crippen LogP contribution is 2.41. The Kier molecular flexibility index (Phi) is 4.26. The van der Waals surface area contributed by atoms with Gasteiger partial charge in [-0.15, -0.1) is 0 Å². The maximum atomic E-state index is 3.56. The molecule has 0 amide bonds. The molecule has 1 aliphatic heterocycles. The summed E-state index contributed by atoms with van der Waals surface area (Å²) in [7, 11) is 0. The van der Waals surface area contributed by atoms with Crippen LogP contribution in [0, 0.1) is 11.3 Å². The molecule has 1 atom stereocenters. The molecule has 0 spiro atoms. The smallest absolute Gasteiger partial charge is 0.00354 e. The zero-order chi connectivity index (χ0) is 11.4. The molecular weight excluding hydrogens is 196 g/mol. The van der Waals surface area contributed by atoms with Crippen LogP contribution in [0.15, 0.2) is 0 Å². The quantitative estimate of drug-likeness (QED) is 0.697. The first kappa shape index (κ1) is 12.4. The lowest BCUT2D eigenvalue weighted by molar-refractivity contribution is 0.0965. The third-order valence-corrected chi connectivity index (χ3v) is 4.40. The molecule has 2 heteroatoms. The summed E-state index contributed by atoms with van der Waals surface area (Å²) in [5.74, 6) is 0.912. The summed E-state index contributed by atoms with van der Waals surface area (Å²) < 4.78 is 0. The van der Waals surface area contributed by atoms with Gasteiger partial charge < -0.3 is 10.2 Å². The van der Waals surface area contributed by atoms with E-state index in [9.17, 15) is 0 Å². The molecule has 1 heterocycles. The van der Waals surface area contributed by atoms with Crippen molar-refractivity contribution in [2.24, 2.45) is 11.3 Å². The normalized spacial score (nSPS) is 29.2. The van der Waals surface area contributed by atoms with Crippen molar-refractivity contribution in [3.05, 3.63) is 0 Å². The standard InChI is InChI=1S/C14H28N2/c1-3-8-15-10-13-5-9-16(11-13)12-14(2)6-4-7-14/h13,15H,3-12H2,1-2H3. The van der Waals surface area contributed by atoms with Crippen LogP contribution in [0.3, 0.4) is 0 Å². The fourth-order valence-electron chi connectivity index (χ4n) is 3.18. The minimum absolute atomic E-state index is 0.672. The van der Waals surface area contributed by atoms with Crippen LogP contribution < -0.4 is 5.32 Å². The van der Waals surface area contributed by atoms with Gasteiger partial charge in [0.05, 0.1) is 0 Å². The Balaban J connectivity index is 1.63. The van der Waals surface area contributed by atoms with E-state index in [1.165, 1.54) is 64.8 Å². The van der Waals surface area contributed by atoms with Crippen molar-refractivity contribution in [1.29, 1.82) is 0 Å². The van der Waals surface area contributed by atoms with Crippen LogP contribution in [0.1, 0.15) is 46.0 Å². The van der Waals surface area contributed by atoms with Crippen molar-refractivity contribution >= 4 is 0 Å². The molecule has 2 rings (SSSR count). The van der Waals surface area contributed by atoms with E-state index < -0.39 is 0 Å². The number of likely N-dealkylation sites (tertiary alicyclic amines) is 1. The van der Waals surface area contributed by atoms with Crippen LogP contribution in [0.25, 0.3) is 0 Å². The molecule has 16 heavy (non-hydrogen) atoms. The van der Waals surface area contributed by atoms with Crippen LogP contribution in [0.2, 0.25) is 0 Å². The second-order valence-electron chi connectivity index (χ2n) is 6.26. The maximum absolute atomic E-state index is 3.56. The van der Waals surface area contributed by atoms with Gasteiger partial charge in [0.2, 0.25) is 0 Å². The fourth-order valence-corrected chi connectivity index (χ4v) is 3.18. The highest BCUT2D eigenvalue weighted by molar-refractivity contribution is 4.89. The highest BCUT2D eigenvalue weighted by atomic mass is 15.2. The van der Waals surface area contributed by atoms with Crippen LogP contribution in [0.4, 0.5) is 0 Å². The lowest BCUT2D eigenvalue weighted by atomic mass is 9.70. The summed E-state index contributed by atoms with van der Waals surface area (Å²) in [4.78, 5) is 2.71. The largest absolute Gasteiger partial charge is 0.316 e. The average Bonchev–Trinajstić information content (AvgIpc) is 2.64. The van der Waals surface area contributed by atoms with Crippen molar-refractivity contribution in [3.8, 4) is 0 Å². The molecule has 2 aliphatic rings. The van der Waals surface area contributed by atoms with Gasteiger partial charge >= 0.3 is 0 Å². The Bertz CT molecular complexity index is 211. The number of rotatable bonds is 6. The molecule has 0 bridgehead atoms. The summed E-state index contributed by atoms with van der Waals surface area (Å²) in [5.41, 5.74) is 0.672. The van der Waals surface area contributed by atoms with Crippen LogP contribution in [-0.4, -0.2) is 37.6 Å². The minimum Gasteiger partial charge on any atom is -0.316 e. The highest BCUT2D eigenvalue weighted by Gasteiger charge is 2.35. The summed E-state index contributed by atoms with van der Waals surface area (Å²) in [5, 5.41) is 3.56. The number of hydrogen-bond acceptors (Lipinski definition) is 2. The Morgan fingerprint density at radius 2 is 2.19 bits per heavy atom. The molecule has 1 saturated heterocycles. The molecule has 0 aromatic heterocycles.